The number of anilines is 1. The Labute approximate surface area is 259 Å². The second kappa shape index (κ2) is 11.1. The molecular weight excluding hydrogens is 583 g/mol. The molecule has 5 heterocycles. The third kappa shape index (κ3) is 5.15. The summed E-state index contributed by atoms with van der Waals surface area (Å²) in [6, 6.07) is 5.77. The summed E-state index contributed by atoms with van der Waals surface area (Å²) in [5.74, 6) is -0.889. The van der Waals surface area contributed by atoms with Crippen LogP contribution in [0.25, 0.3) is 32.9 Å². The third-order valence-corrected chi connectivity index (χ3v) is 9.69. The van der Waals surface area contributed by atoms with Gasteiger partial charge in [-0.05, 0) is 92.1 Å². The lowest BCUT2D eigenvalue weighted by Crippen LogP contribution is -2.46. The number of nitrogens with zero attached hydrogens (tertiary/aromatic N) is 5. The van der Waals surface area contributed by atoms with Crippen molar-refractivity contribution in [3.8, 4) is 23.0 Å². The number of phenolic OH excluding ortho intramolecular Hbond substituents is 1. The van der Waals surface area contributed by atoms with Gasteiger partial charge in [0.05, 0.1) is 22.9 Å². The van der Waals surface area contributed by atoms with E-state index in [1.54, 1.807) is 13.0 Å². The number of aromatic nitrogens is 3. The summed E-state index contributed by atoms with van der Waals surface area (Å²) in [7, 11) is 0. The number of phenols is 1. The number of piperidine rings is 1. The van der Waals surface area contributed by atoms with Gasteiger partial charge in [0.2, 0.25) is 0 Å². The number of hydrogen-bond donors (Lipinski definition) is 2. The first-order chi connectivity index (χ1) is 21.6. The van der Waals surface area contributed by atoms with E-state index in [-0.39, 0.29) is 47.2 Å². The van der Waals surface area contributed by atoms with Crippen LogP contribution in [-0.2, 0) is 6.42 Å². The molecule has 3 saturated heterocycles. The highest BCUT2D eigenvalue weighted by Gasteiger charge is 2.47. The molecule has 4 aromatic rings. The maximum absolute atomic E-state index is 16.8. The van der Waals surface area contributed by atoms with Gasteiger partial charge in [0.15, 0.2) is 5.82 Å². The number of aliphatic hydroxyl groups is 1. The average molecular weight is 620 g/mol. The lowest BCUT2D eigenvalue weighted by atomic mass is 9.94. The van der Waals surface area contributed by atoms with Crippen molar-refractivity contribution in [2.45, 2.75) is 63.5 Å². The highest BCUT2D eigenvalue weighted by molar-refractivity contribution is 6.01. The lowest BCUT2D eigenvalue weighted by Gasteiger charge is -2.38. The first kappa shape index (κ1) is 29.7. The second-order valence-corrected chi connectivity index (χ2v) is 13.0. The number of aryl methyl sites for hydroxylation is 1. The number of benzene rings is 2. The first-order valence-electron chi connectivity index (χ1n) is 15.6. The highest BCUT2D eigenvalue weighted by atomic mass is 19.1. The largest absolute Gasteiger partial charge is 0.508 e. The zero-order chi connectivity index (χ0) is 31.5. The van der Waals surface area contributed by atoms with E-state index >= 15 is 4.39 Å². The van der Waals surface area contributed by atoms with Crippen LogP contribution in [0.3, 0.4) is 0 Å². The monoisotopic (exact) mass is 619 g/mol. The molecule has 0 amide bonds. The molecule has 0 radical (unpaired) electrons. The fourth-order valence-corrected chi connectivity index (χ4v) is 7.60. The Morgan fingerprint density at radius 3 is 2.71 bits per heavy atom. The van der Waals surface area contributed by atoms with Crippen molar-refractivity contribution in [1.82, 2.24) is 19.9 Å². The van der Waals surface area contributed by atoms with E-state index in [1.807, 2.05) is 11.8 Å². The van der Waals surface area contributed by atoms with Crippen LogP contribution < -0.4 is 9.64 Å². The van der Waals surface area contributed by atoms with Crippen LogP contribution in [-0.4, -0.2) is 74.0 Å². The van der Waals surface area contributed by atoms with Crippen LogP contribution in [0.1, 0.15) is 51.5 Å². The number of aromatic hydroxyl groups is 1. The van der Waals surface area contributed by atoms with E-state index in [9.17, 15) is 19.0 Å². The zero-order valence-corrected chi connectivity index (χ0v) is 25.4. The predicted molar refractivity (Wildman–Crippen MR) is 166 cm³/mol. The fourth-order valence-electron chi connectivity index (χ4n) is 7.60. The number of fused-ring (bicyclic) bond motifs is 3. The fraction of sp³-hybridized carbons (Fsp3) is 0.441. The Morgan fingerprint density at radius 1 is 1.11 bits per heavy atom. The molecule has 0 aliphatic carbocycles. The average Bonchev–Trinajstić information content (AvgIpc) is 3.57. The highest BCUT2D eigenvalue weighted by Crippen LogP contribution is 2.43. The number of halogens is 3. The molecule has 45 heavy (non-hydrogen) atoms. The molecule has 2 aromatic carbocycles. The molecule has 11 heteroatoms. The minimum atomic E-state index is -0.966. The van der Waals surface area contributed by atoms with Gasteiger partial charge in [-0.2, -0.15) is 9.97 Å². The Morgan fingerprint density at radius 2 is 1.93 bits per heavy atom. The summed E-state index contributed by atoms with van der Waals surface area (Å²) in [5, 5.41) is 22.8. The van der Waals surface area contributed by atoms with Gasteiger partial charge in [-0.15, -0.1) is 0 Å². The van der Waals surface area contributed by atoms with Crippen LogP contribution >= 0.6 is 0 Å². The van der Waals surface area contributed by atoms with Crippen molar-refractivity contribution >= 4 is 27.5 Å². The zero-order valence-electron chi connectivity index (χ0n) is 25.4. The molecule has 8 nitrogen and oxygen atoms in total. The maximum atomic E-state index is 16.8. The van der Waals surface area contributed by atoms with Crippen molar-refractivity contribution < 1.29 is 28.1 Å². The number of hydrogen-bond acceptors (Lipinski definition) is 8. The van der Waals surface area contributed by atoms with Gasteiger partial charge in [0, 0.05) is 31.4 Å². The Bertz CT molecular complexity index is 1850. The topological polar surface area (TPSA) is 94.8 Å². The van der Waals surface area contributed by atoms with Crippen LogP contribution in [0, 0.1) is 11.6 Å². The van der Waals surface area contributed by atoms with Gasteiger partial charge in [-0.25, -0.2) is 13.2 Å². The molecule has 236 valence electrons. The SMILES string of the molecule is CCc1c(F)ccc2cc(O)cc(-c3ncc4c(N5CCC[C@@](C)(O)C5)nc(OC[C@@]56CCCN5C/C(=C\F)C6)nc4c3F)c12. The second-order valence-electron chi connectivity index (χ2n) is 13.0. The Balaban J connectivity index is 1.38. The summed E-state index contributed by atoms with van der Waals surface area (Å²) in [6.45, 7) is 6.05. The lowest BCUT2D eigenvalue weighted by molar-refractivity contribution is 0.0447. The quantitative estimate of drug-likeness (QED) is 0.263. The molecule has 0 saturated carbocycles. The van der Waals surface area contributed by atoms with Gasteiger partial charge in [-0.1, -0.05) is 13.0 Å². The van der Waals surface area contributed by atoms with Crippen molar-refractivity contribution in [2.75, 3.05) is 37.7 Å². The van der Waals surface area contributed by atoms with Crippen LogP contribution in [0.2, 0.25) is 0 Å². The van der Waals surface area contributed by atoms with Crippen LogP contribution in [0.5, 0.6) is 11.8 Å². The van der Waals surface area contributed by atoms with E-state index in [2.05, 4.69) is 14.9 Å². The van der Waals surface area contributed by atoms with Gasteiger partial charge in [-0.3, -0.25) is 9.88 Å². The van der Waals surface area contributed by atoms with Crippen molar-refractivity contribution in [3.63, 3.8) is 0 Å². The molecule has 7 rings (SSSR count). The van der Waals surface area contributed by atoms with Gasteiger partial charge >= 0.3 is 6.01 Å². The summed E-state index contributed by atoms with van der Waals surface area (Å²) in [6.07, 6.45) is 6.20. The molecule has 0 spiro atoms. The summed E-state index contributed by atoms with van der Waals surface area (Å²) in [4.78, 5) is 17.9. The predicted octanol–water partition coefficient (Wildman–Crippen LogP) is 6.21. The van der Waals surface area contributed by atoms with Crippen LogP contribution in [0.4, 0.5) is 19.0 Å². The maximum Gasteiger partial charge on any atom is 0.319 e. The van der Waals surface area contributed by atoms with E-state index in [4.69, 9.17) is 9.72 Å². The number of rotatable bonds is 6. The minimum absolute atomic E-state index is 0.0290. The minimum Gasteiger partial charge on any atom is -0.508 e. The molecule has 0 unspecified atom stereocenters. The van der Waals surface area contributed by atoms with E-state index < -0.39 is 17.2 Å². The van der Waals surface area contributed by atoms with Gasteiger partial charge < -0.3 is 19.8 Å². The van der Waals surface area contributed by atoms with Crippen molar-refractivity contribution in [1.29, 1.82) is 0 Å². The molecule has 0 bridgehead atoms. The van der Waals surface area contributed by atoms with E-state index in [1.165, 1.54) is 24.4 Å². The Hall–Kier alpha value is -3.96. The molecule has 2 aromatic heterocycles. The van der Waals surface area contributed by atoms with Gasteiger partial charge in [0.1, 0.15) is 35.2 Å². The van der Waals surface area contributed by atoms with Crippen LogP contribution in [0.15, 0.2) is 42.4 Å². The number of pyridine rings is 1. The first-order valence-corrected chi connectivity index (χ1v) is 15.6. The normalized spacial score (nSPS) is 24.7. The van der Waals surface area contributed by atoms with Gasteiger partial charge in [0.25, 0.3) is 0 Å². The third-order valence-electron chi connectivity index (χ3n) is 9.69. The summed E-state index contributed by atoms with van der Waals surface area (Å²) < 4.78 is 51.4. The molecule has 3 aliphatic rings. The summed E-state index contributed by atoms with van der Waals surface area (Å²) >= 11 is 0. The molecular formula is C34H36F3N5O3. The summed E-state index contributed by atoms with van der Waals surface area (Å²) in [5.41, 5.74) is -0.101. The molecule has 2 atom stereocenters. The number of β-amino-alcohol motifs (C(OH)–C–C–N with tert-alkyl or cyclic N) is 1. The van der Waals surface area contributed by atoms with E-state index in [0.29, 0.717) is 72.6 Å². The molecule has 3 aliphatic heterocycles. The van der Waals surface area contributed by atoms with E-state index in [0.717, 1.165) is 25.0 Å². The van der Waals surface area contributed by atoms with Crippen molar-refractivity contribution in [3.05, 3.63) is 59.6 Å². The standard InChI is InChI=1S/C34H36F3N5O3/c1-3-23-26(36)7-6-21-12-22(43)13-24(27(21)23)29-28(37)30-25(16-38-29)31(41-10-4-8-33(2,44)18-41)40-32(39-30)45-19-34-9-5-11-42(34)17-20(14-34)15-35/h6-7,12-13,15-16,43-44H,3-5,8-11,14,17-19H2,1-2H3/b20-15-/t33-,34+/m1/s1. The molecule has 3 fully saturated rings. The Kier molecular flexibility index (Phi) is 7.36. The molecule has 2 N–H and O–H groups in total. The van der Waals surface area contributed by atoms with Crippen molar-refractivity contribution in [2.24, 2.45) is 0 Å². The smallest absolute Gasteiger partial charge is 0.319 e. The number of ether oxygens (including phenoxy) is 1.